The Morgan fingerprint density at radius 1 is 1.24 bits per heavy atom. The standard InChI is InChI=1S/C21H20N6O6/c22-11-14-15(12-2-1-3-13(10-12)27(30)31)16-17(23-18(14)28)24-20(25-19(16)29)26-6-4-21(5-7-26)32-8-9-33-21/h1-3,10,14-15H,4-9H2,(H2,23,24,25,28,29). The summed E-state index contributed by atoms with van der Waals surface area (Å²) in [6.07, 6.45) is 1.21. The molecule has 33 heavy (non-hydrogen) atoms. The molecule has 0 radical (unpaired) electrons. The van der Waals surface area contributed by atoms with E-state index in [0.717, 1.165) is 0 Å². The van der Waals surface area contributed by atoms with Crippen LogP contribution in [0, 0.1) is 27.4 Å². The summed E-state index contributed by atoms with van der Waals surface area (Å²) < 4.78 is 11.5. The Morgan fingerprint density at radius 2 is 1.97 bits per heavy atom. The van der Waals surface area contributed by atoms with Crippen molar-refractivity contribution in [3.63, 3.8) is 0 Å². The first-order chi connectivity index (χ1) is 15.9. The molecule has 1 amide bonds. The van der Waals surface area contributed by atoms with Crippen LogP contribution in [0.25, 0.3) is 0 Å². The van der Waals surface area contributed by atoms with Gasteiger partial charge in [0, 0.05) is 44.0 Å². The zero-order valence-electron chi connectivity index (χ0n) is 17.4. The van der Waals surface area contributed by atoms with Crippen molar-refractivity contribution in [3.8, 4) is 6.07 Å². The summed E-state index contributed by atoms with van der Waals surface area (Å²) >= 11 is 0. The minimum absolute atomic E-state index is 0.0513. The number of aromatic amines is 1. The number of piperidine rings is 1. The molecule has 2 saturated heterocycles. The van der Waals surface area contributed by atoms with E-state index < -0.39 is 34.0 Å². The number of nitriles is 1. The molecule has 5 rings (SSSR count). The third-order valence-electron chi connectivity index (χ3n) is 6.33. The van der Waals surface area contributed by atoms with Gasteiger partial charge in [0.2, 0.25) is 11.9 Å². The van der Waals surface area contributed by atoms with Gasteiger partial charge in [-0.05, 0) is 5.56 Å². The van der Waals surface area contributed by atoms with Gasteiger partial charge in [-0.15, -0.1) is 0 Å². The van der Waals surface area contributed by atoms with Crippen molar-refractivity contribution in [3.05, 3.63) is 55.9 Å². The Hall–Kier alpha value is -3.82. The minimum atomic E-state index is -1.24. The van der Waals surface area contributed by atoms with Crippen LogP contribution in [0.3, 0.4) is 0 Å². The van der Waals surface area contributed by atoms with E-state index >= 15 is 0 Å². The number of ether oxygens (including phenoxy) is 2. The van der Waals surface area contributed by atoms with Gasteiger partial charge < -0.3 is 19.7 Å². The van der Waals surface area contributed by atoms with Crippen molar-refractivity contribution in [2.75, 3.05) is 36.5 Å². The molecule has 3 aliphatic heterocycles. The highest BCUT2D eigenvalue weighted by Crippen LogP contribution is 2.39. The molecule has 4 heterocycles. The molecule has 1 aromatic carbocycles. The number of anilines is 2. The smallest absolute Gasteiger partial charge is 0.269 e. The first-order valence-electron chi connectivity index (χ1n) is 10.5. The number of aromatic nitrogens is 2. The normalized spacial score (nSPS) is 23.6. The number of benzene rings is 1. The van der Waals surface area contributed by atoms with Gasteiger partial charge in [-0.1, -0.05) is 12.1 Å². The monoisotopic (exact) mass is 452 g/mol. The third-order valence-corrected chi connectivity index (χ3v) is 6.33. The highest BCUT2D eigenvalue weighted by molar-refractivity contribution is 5.98. The van der Waals surface area contributed by atoms with E-state index in [2.05, 4.69) is 15.3 Å². The molecule has 2 aromatic rings. The first-order valence-corrected chi connectivity index (χ1v) is 10.5. The van der Waals surface area contributed by atoms with Crippen LogP contribution >= 0.6 is 0 Å². The molecule has 2 N–H and O–H groups in total. The molecule has 0 saturated carbocycles. The number of hydrogen-bond acceptors (Lipinski definition) is 9. The molecule has 2 fully saturated rings. The van der Waals surface area contributed by atoms with Gasteiger partial charge in [-0.3, -0.25) is 24.7 Å². The quantitative estimate of drug-likeness (QED) is 0.515. The second kappa shape index (κ2) is 7.95. The zero-order chi connectivity index (χ0) is 23.2. The van der Waals surface area contributed by atoms with Crippen LogP contribution in [0.4, 0.5) is 17.5 Å². The van der Waals surface area contributed by atoms with Crippen LogP contribution in [-0.2, 0) is 14.3 Å². The SMILES string of the molecule is N#CC1C(=O)Nc2nc(N3CCC4(CC3)OCCO4)[nH]c(=O)c2C1c1cccc([N+](=O)[O-])c1. The number of rotatable bonds is 3. The molecule has 0 bridgehead atoms. The topological polar surface area (TPSA) is 163 Å². The first kappa shape index (κ1) is 21.0. The van der Waals surface area contributed by atoms with Crippen molar-refractivity contribution in [1.82, 2.24) is 9.97 Å². The summed E-state index contributed by atoms with van der Waals surface area (Å²) in [5.41, 5.74) is -0.291. The summed E-state index contributed by atoms with van der Waals surface area (Å²) in [7, 11) is 0. The Bertz CT molecular complexity index is 1220. The Morgan fingerprint density at radius 3 is 2.64 bits per heavy atom. The maximum absolute atomic E-state index is 13.2. The second-order valence-electron chi connectivity index (χ2n) is 8.17. The van der Waals surface area contributed by atoms with Crippen LogP contribution in [0.1, 0.15) is 29.9 Å². The average molecular weight is 452 g/mol. The fraction of sp³-hybridized carbons (Fsp3) is 0.429. The summed E-state index contributed by atoms with van der Waals surface area (Å²) in [5, 5.41) is 23.4. The van der Waals surface area contributed by atoms with Crippen molar-refractivity contribution < 1.29 is 19.2 Å². The van der Waals surface area contributed by atoms with Gasteiger partial charge >= 0.3 is 0 Å². The van der Waals surface area contributed by atoms with E-state index in [0.29, 0.717) is 50.7 Å². The molecule has 12 heteroatoms. The van der Waals surface area contributed by atoms with E-state index in [1.54, 1.807) is 6.07 Å². The largest absolute Gasteiger partial charge is 0.347 e. The van der Waals surface area contributed by atoms with Crippen LogP contribution in [0.2, 0.25) is 0 Å². The van der Waals surface area contributed by atoms with Crippen molar-refractivity contribution >= 4 is 23.4 Å². The molecule has 2 atom stereocenters. The van der Waals surface area contributed by atoms with Gasteiger partial charge in [-0.25, -0.2) is 0 Å². The maximum atomic E-state index is 13.2. The highest BCUT2D eigenvalue weighted by Gasteiger charge is 2.43. The number of H-pyrrole nitrogens is 1. The van der Waals surface area contributed by atoms with Crippen molar-refractivity contribution in [2.24, 2.45) is 5.92 Å². The van der Waals surface area contributed by atoms with Crippen molar-refractivity contribution in [2.45, 2.75) is 24.5 Å². The fourth-order valence-electron chi connectivity index (χ4n) is 4.69. The molecule has 0 aliphatic carbocycles. The van der Waals surface area contributed by atoms with Gasteiger partial charge in [0.05, 0.1) is 29.8 Å². The van der Waals surface area contributed by atoms with Crippen molar-refractivity contribution in [1.29, 1.82) is 5.26 Å². The number of carbonyl (C=O) groups is 1. The number of nitro groups is 1. The number of non-ortho nitro benzene ring substituents is 1. The summed E-state index contributed by atoms with van der Waals surface area (Å²) in [6, 6.07) is 7.52. The predicted octanol–water partition coefficient (Wildman–Crippen LogP) is 1.25. The average Bonchev–Trinajstić information content (AvgIpc) is 3.26. The number of nitrogens with zero attached hydrogens (tertiary/aromatic N) is 4. The number of amides is 1. The highest BCUT2D eigenvalue weighted by atomic mass is 16.7. The summed E-state index contributed by atoms with van der Waals surface area (Å²) in [4.78, 5) is 45.7. The zero-order valence-corrected chi connectivity index (χ0v) is 17.4. The third kappa shape index (κ3) is 3.61. The number of hydrogen-bond donors (Lipinski definition) is 2. The lowest BCUT2D eigenvalue weighted by Gasteiger charge is -2.38. The van der Waals surface area contributed by atoms with Crippen LogP contribution in [-0.4, -0.2) is 52.9 Å². The summed E-state index contributed by atoms with van der Waals surface area (Å²) in [6.45, 7) is 2.17. The number of nitro benzene ring substituents is 1. The Kier molecular flexibility index (Phi) is 5.07. The minimum Gasteiger partial charge on any atom is -0.347 e. The predicted molar refractivity (Wildman–Crippen MR) is 114 cm³/mol. The fourth-order valence-corrected chi connectivity index (χ4v) is 4.69. The van der Waals surface area contributed by atoms with Crippen LogP contribution in [0.15, 0.2) is 29.1 Å². The Balaban J connectivity index is 1.52. The maximum Gasteiger partial charge on any atom is 0.269 e. The molecular formula is C21H20N6O6. The van der Waals surface area contributed by atoms with E-state index in [1.807, 2.05) is 11.0 Å². The lowest BCUT2D eigenvalue weighted by atomic mass is 9.79. The number of fused-ring (bicyclic) bond motifs is 1. The summed E-state index contributed by atoms with van der Waals surface area (Å²) in [5.74, 6) is -3.09. The van der Waals surface area contributed by atoms with Gasteiger partial charge in [-0.2, -0.15) is 10.2 Å². The van der Waals surface area contributed by atoms with Crippen LogP contribution in [0.5, 0.6) is 0 Å². The second-order valence-corrected chi connectivity index (χ2v) is 8.17. The van der Waals surface area contributed by atoms with E-state index in [1.165, 1.54) is 18.2 Å². The van der Waals surface area contributed by atoms with E-state index in [4.69, 9.17) is 9.47 Å². The Labute approximate surface area is 187 Å². The molecule has 170 valence electrons. The number of carbonyl (C=O) groups excluding carboxylic acids is 1. The molecule has 1 aromatic heterocycles. The van der Waals surface area contributed by atoms with Crippen LogP contribution < -0.4 is 15.8 Å². The lowest BCUT2D eigenvalue weighted by molar-refractivity contribution is -0.384. The molecule has 2 unspecified atom stereocenters. The molecular weight excluding hydrogens is 432 g/mol. The molecule has 1 spiro atoms. The molecule has 12 nitrogen and oxygen atoms in total. The lowest BCUT2D eigenvalue weighted by Crippen LogP contribution is -2.46. The number of nitrogens with one attached hydrogen (secondary N) is 2. The van der Waals surface area contributed by atoms with Gasteiger partial charge in [0.15, 0.2) is 5.79 Å². The van der Waals surface area contributed by atoms with E-state index in [9.17, 15) is 25.0 Å². The van der Waals surface area contributed by atoms with Gasteiger partial charge in [0.25, 0.3) is 11.2 Å². The van der Waals surface area contributed by atoms with E-state index in [-0.39, 0.29) is 17.1 Å². The molecule has 3 aliphatic rings. The van der Waals surface area contributed by atoms with Gasteiger partial charge in [0.1, 0.15) is 11.7 Å².